The summed E-state index contributed by atoms with van der Waals surface area (Å²) >= 11 is 0. The molecule has 0 aliphatic rings. The van der Waals surface area contributed by atoms with Crippen molar-refractivity contribution in [1.82, 2.24) is 4.98 Å². The van der Waals surface area contributed by atoms with E-state index >= 15 is 0 Å². The Morgan fingerprint density at radius 2 is 1.79 bits per heavy atom. The van der Waals surface area contributed by atoms with E-state index in [0.717, 1.165) is 12.3 Å². The second-order valence-electron chi connectivity index (χ2n) is 3.67. The standard InChI is InChI=1S/C13H10F3N3/c14-13(15,16)11-6-2-1-5-10(11)9-18-19-12-7-3-4-8-17-12/h1-9H,(H,17,19). The highest BCUT2D eigenvalue weighted by Crippen LogP contribution is 2.31. The van der Waals surface area contributed by atoms with Gasteiger partial charge >= 0.3 is 6.18 Å². The molecule has 0 fully saturated rings. The van der Waals surface area contributed by atoms with Crippen molar-refractivity contribution < 1.29 is 13.2 Å². The Bertz CT molecular complexity index is 565. The maximum atomic E-state index is 12.7. The highest BCUT2D eigenvalue weighted by molar-refractivity contribution is 5.82. The van der Waals surface area contributed by atoms with Crippen LogP contribution < -0.4 is 5.43 Å². The second-order valence-corrected chi connectivity index (χ2v) is 3.67. The van der Waals surface area contributed by atoms with Crippen LogP contribution in [0, 0.1) is 0 Å². The van der Waals surface area contributed by atoms with E-state index in [0.29, 0.717) is 5.82 Å². The summed E-state index contributed by atoms with van der Waals surface area (Å²) in [6.45, 7) is 0. The molecule has 0 saturated carbocycles. The van der Waals surface area contributed by atoms with Crippen LogP contribution in [-0.4, -0.2) is 11.2 Å². The van der Waals surface area contributed by atoms with Gasteiger partial charge in [0.2, 0.25) is 0 Å². The van der Waals surface area contributed by atoms with Crippen molar-refractivity contribution in [2.75, 3.05) is 5.43 Å². The highest BCUT2D eigenvalue weighted by atomic mass is 19.4. The fraction of sp³-hybridized carbons (Fsp3) is 0.0769. The van der Waals surface area contributed by atoms with Gasteiger partial charge in [-0.25, -0.2) is 4.98 Å². The van der Waals surface area contributed by atoms with Crippen molar-refractivity contribution in [1.29, 1.82) is 0 Å². The molecule has 6 heteroatoms. The number of benzene rings is 1. The van der Waals surface area contributed by atoms with Gasteiger partial charge in [-0.2, -0.15) is 18.3 Å². The number of pyridine rings is 1. The van der Waals surface area contributed by atoms with Gasteiger partial charge in [0.05, 0.1) is 11.8 Å². The van der Waals surface area contributed by atoms with Crippen molar-refractivity contribution in [3.05, 3.63) is 59.8 Å². The molecule has 98 valence electrons. The molecule has 0 atom stereocenters. The lowest BCUT2D eigenvalue weighted by atomic mass is 10.1. The fourth-order valence-corrected chi connectivity index (χ4v) is 1.46. The van der Waals surface area contributed by atoms with Crippen molar-refractivity contribution >= 4 is 12.0 Å². The van der Waals surface area contributed by atoms with E-state index < -0.39 is 11.7 Å². The lowest BCUT2D eigenvalue weighted by Crippen LogP contribution is -2.08. The molecule has 0 radical (unpaired) electrons. The summed E-state index contributed by atoms with van der Waals surface area (Å²) in [6.07, 6.45) is -1.72. The number of anilines is 1. The summed E-state index contributed by atoms with van der Waals surface area (Å²) in [4.78, 5) is 3.93. The molecule has 19 heavy (non-hydrogen) atoms. The predicted molar refractivity (Wildman–Crippen MR) is 66.9 cm³/mol. The first kappa shape index (κ1) is 13.1. The molecular formula is C13H10F3N3. The van der Waals surface area contributed by atoms with Crippen LogP contribution in [0.15, 0.2) is 53.8 Å². The first-order chi connectivity index (χ1) is 9.07. The minimum atomic E-state index is -4.40. The molecule has 0 unspecified atom stereocenters. The van der Waals surface area contributed by atoms with Gasteiger partial charge in [-0.05, 0) is 18.2 Å². The number of aromatic nitrogens is 1. The summed E-state index contributed by atoms with van der Waals surface area (Å²) in [5.74, 6) is 0.461. The predicted octanol–water partition coefficient (Wildman–Crippen LogP) is 3.55. The Morgan fingerprint density at radius 3 is 2.47 bits per heavy atom. The van der Waals surface area contributed by atoms with Gasteiger partial charge in [0, 0.05) is 11.8 Å². The Hall–Kier alpha value is -2.37. The molecule has 1 heterocycles. The summed E-state index contributed by atoms with van der Waals surface area (Å²) in [5, 5.41) is 3.75. The van der Waals surface area contributed by atoms with Crippen molar-refractivity contribution in [2.45, 2.75) is 6.18 Å². The quantitative estimate of drug-likeness (QED) is 0.680. The third-order valence-electron chi connectivity index (χ3n) is 2.31. The molecule has 1 aromatic heterocycles. The van der Waals surface area contributed by atoms with Crippen molar-refractivity contribution in [3.8, 4) is 0 Å². The lowest BCUT2D eigenvalue weighted by Gasteiger charge is -2.09. The summed E-state index contributed by atoms with van der Waals surface area (Å²) < 4.78 is 38.1. The van der Waals surface area contributed by atoms with Gasteiger partial charge in [-0.1, -0.05) is 24.3 Å². The lowest BCUT2D eigenvalue weighted by molar-refractivity contribution is -0.137. The van der Waals surface area contributed by atoms with Crippen LogP contribution in [0.4, 0.5) is 19.0 Å². The molecule has 2 rings (SSSR count). The smallest absolute Gasteiger partial charge is 0.261 e. The number of rotatable bonds is 3. The zero-order valence-electron chi connectivity index (χ0n) is 9.72. The third kappa shape index (κ3) is 3.54. The van der Waals surface area contributed by atoms with Gasteiger partial charge in [-0.3, -0.25) is 5.43 Å². The SMILES string of the molecule is FC(F)(F)c1ccccc1C=NNc1ccccn1. The third-order valence-corrected chi connectivity index (χ3v) is 2.31. The van der Waals surface area contributed by atoms with Crippen LogP contribution >= 0.6 is 0 Å². The summed E-state index contributed by atoms with van der Waals surface area (Å²) in [7, 11) is 0. The highest BCUT2D eigenvalue weighted by Gasteiger charge is 2.32. The van der Waals surface area contributed by atoms with Crippen LogP contribution in [0.25, 0.3) is 0 Å². The largest absolute Gasteiger partial charge is 0.417 e. The van der Waals surface area contributed by atoms with Gasteiger partial charge in [0.25, 0.3) is 0 Å². The van der Waals surface area contributed by atoms with E-state index in [-0.39, 0.29) is 5.56 Å². The average Bonchev–Trinajstić information content (AvgIpc) is 2.39. The fourth-order valence-electron chi connectivity index (χ4n) is 1.46. The van der Waals surface area contributed by atoms with E-state index in [4.69, 9.17) is 0 Å². The Balaban J connectivity index is 2.16. The Labute approximate surface area is 107 Å². The molecule has 0 spiro atoms. The molecule has 3 nitrogen and oxygen atoms in total. The zero-order valence-corrected chi connectivity index (χ0v) is 9.72. The zero-order chi connectivity index (χ0) is 13.7. The second kappa shape index (κ2) is 5.51. The van der Waals surface area contributed by atoms with Crippen molar-refractivity contribution in [2.24, 2.45) is 5.10 Å². The Kier molecular flexibility index (Phi) is 3.79. The number of halogens is 3. The number of alkyl halides is 3. The van der Waals surface area contributed by atoms with Crippen LogP contribution in [0.5, 0.6) is 0 Å². The molecule has 0 aliphatic carbocycles. The van der Waals surface area contributed by atoms with E-state index in [1.807, 2.05) is 0 Å². The molecule has 0 bridgehead atoms. The van der Waals surface area contributed by atoms with E-state index in [9.17, 15) is 13.2 Å². The number of hydrogen-bond donors (Lipinski definition) is 1. The van der Waals surface area contributed by atoms with Gasteiger partial charge < -0.3 is 0 Å². The van der Waals surface area contributed by atoms with Crippen LogP contribution in [0.3, 0.4) is 0 Å². The maximum Gasteiger partial charge on any atom is 0.417 e. The number of nitrogens with zero attached hydrogens (tertiary/aromatic N) is 2. The molecule has 2 aromatic rings. The minimum Gasteiger partial charge on any atom is -0.261 e. The number of hydrazone groups is 1. The van der Waals surface area contributed by atoms with Crippen LogP contribution in [-0.2, 0) is 6.18 Å². The first-order valence-electron chi connectivity index (χ1n) is 5.44. The monoisotopic (exact) mass is 265 g/mol. The van der Waals surface area contributed by atoms with Gasteiger partial charge in [0.15, 0.2) is 0 Å². The van der Waals surface area contributed by atoms with E-state index in [2.05, 4.69) is 15.5 Å². The van der Waals surface area contributed by atoms with Crippen LogP contribution in [0.2, 0.25) is 0 Å². The molecule has 0 saturated heterocycles. The summed E-state index contributed by atoms with van der Waals surface area (Å²) in [5.41, 5.74) is 1.84. The first-order valence-corrected chi connectivity index (χ1v) is 5.44. The topological polar surface area (TPSA) is 37.3 Å². The van der Waals surface area contributed by atoms with Crippen molar-refractivity contribution in [3.63, 3.8) is 0 Å². The molecule has 0 amide bonds. The molecule has 0 aliphatic heterocycles. The number of nitrogens with one attached hydrogen (secondary N) is 1. The Morgan fingerprint density at radius 1 is 1.05 bits per heavy atom. The molecule has 1 aromatic carbocycles. The maximum absolute atomic E-state index is 12.7. The normalized spacial score (nSPS) is 11.7. The molecule has 1 N–H and O–H groups in total. The number of hydrogen-bond acceptors (Lipinski definition) is 3. The van der Waals surface area contributed by atoms with Gasteiger partial charge in [-0.15, -0.1) is 0 Å². The van der Waals surface area contributed by atoms with Crippen LogP contribution in [0.1, 0.15) is 11.1 Å². The molecular weight excluding hydrogens is 255 g/mol. The minimum absolute atomic E-state index is 0.00145. The summed E-state index contributed by atoms with van der Waals surface area (Å²) in [6, 6.07) is 10.4. The van der Waals surface area contributed by atoms with E-state index in [1.54, 1.807) is 24.4 Å². The van der Waals surface area contributed by atoms with E-state index in [1.165, 1.54) is 18.2 Å². The van der Waals surface area contributed by atoms with Gasteiger partial charge in [0.1, 0.15) is 5.82 Å². The average molecular weight is 265 g/mol.